The van der Waals surface area contributed by atoms with E-state index in [2.05, 4.69) is 0 Å². The monoisotopic (exact) mass is 359 g/mol. The van der Waals surface area contributed by atoms with Gasteiger partial charge in [-0.1, -0.05) is 23.7 Å². The molecule has 24 heavy (non-hydrogen) atoms. The Kier molecular flexibility index (Phi) is 5.74. The van der Waals surface area contributed by atoms with Crippen LogP contribution in [0.3, 0.4) is 0 Å². The van der Waals surface area contributed by atoms with Gasteiger partial charge in [0.15, 0.2) is 0 Å². The Hall–Kier alpha value is -1.36. The van der Waals surface area contributed by atoms with Crippen molar-refractivity contribution in [3.63, 3.8) is 0 Å². The van der Waals surface area contributed by atoms with Gasteiger partial charge in [-0.25, -0.2) is 13.6 Å². The fourth-order valence-electron chi connectivity index (χ4n) is 3.15. The lowest BCUT2D eigenvalue weighted by Crippen LogP contribution is -2.47. The van der Waals surface area contributed by atoms with Gasteiger partial charge in [0, 0.05) is 29.9 Å². The van der Waals surface area contributed by atoms with Gasteiger partial charge < -0.3 is 9.64 Å². The summed E-state index contributed by atoms with van der Waals surface area (Å²) in [5.74, 6) is 0. The second-order valence-corrected chi connectivity index (χ2v) is 7.79. The quantitative estimate of drug-likeness (QED) is 0.736. The fourth-order valence-corrected chi connectivity index (χ4v) is 3.28. The Bertz CT molecular complexity index is 561. The number of carbonyl (C=O) groups excluding carboxylic acids is 1. The zero-order valence-electron chi connectivity index (χ0n) is 14.3. The smallest absolute Gasteiger partial charge is 0.410 e. The molecule has 3 nitrogen and oxygen atoms in total. The molecular formula is C18H24ClF2NO2. The number of halogens is 3. The highest BCUT2D eigenvalue weighted by Crippen LogP contribution is 2.41. The molecule has 0 bridgehead atoms. The summed E-state index contributed by atoms with van der Waals surface area (Å²) in [6, 6.07) is 7.08. The summed E-state index contributed by atoms with van der Waals surface area (Å²) in [5.41, 5.74) is -0.335. The number of alkyl halides is 2. The molecule has 1 fully saturated rings. The summed E-state index contributed by atoms with van der Waals surface area (Å²) in [5, 5.41) is 0.581. The Morgan fingerprint density at radius 2 is 1.79 bits per heavy atom. The molecule has 0 aliphatic carbocycles. The minimum Gasteiger partial charge on any atom is -0.444 e. The Balaban J connectivity index is 2.13. The average molecular weight is 360 g/mol. The van der Waals surface area contributed by atoms with Gasteiger partial charge >= 0.3 is 6.09 Å². The van der Waals surface area contributed by atoms with Crippen LogP contribution < -0.4 is 0 Å². The number of rotatable bonds is 3. The first-order valence-electron chi connectivity index (χ1n) is 8.13. The van der Waals surface area contributed by atoms with E-state index in [4.69, 9.17) is 16.3 Å². The van der Waals surface area contributed by atoms with Gasteiger partial charge in [0.1, 0.15) is 5.60 Å². The molecule has 1 amide bonds. The summed E-state index contributed by atoms with van der Waals surface area (Å²) < 4.78 is 31.7. The lowest BCUT2D eigenvalue weighted by atomic mass is 9.70. The molecule has 134 valence electrons. The second-order valence-electron chi connectivity index (χ2n) is 7.35. The van der Waals surface area contributed by atoms with Crippen molar-refractivity contribution in [1.82, 2.24) is 4.90 Å². The highest BCUT2D eigenvalue weighted by molar-refractivity contribution is 6.30. The summed E-state index contributed by atoms with van der Waals surface area (Å²) >= 11 is 5.91. The van der Waals surface area contributed by atoms with Crippen LogP contribution in [0.2, 0.25) is 5.02 Å². The molecule has 1 saturated heterocycles. The number of piperidine rings is 1. The number of amides is 1. The van der Waals surface area contributed by atoms with Crippen LogP contribution in [0.4, 0.5) is 13.6 Å². The number of carbonyl (C=O) groups is 1. The third kappa shape index (κ3) is 4.82. The van der Waals surface area contributed by atoms with Crippen LogP contribution in [0.15, 0.2) is 24.3 Å². The first-order chi connectivity index (χ1) is 11.1. The average Bonchev–Trinajstić information content (AvgIpc) is 2.46. The maximum Gasteiger partial charge on any atom is 0.410 e. The third-order valence-electron chi connectivity index (χ3n) is 4.37. The van der Waals surface area contributed by atoms with Crippen LogP contribution in [0.25, 0.3) is 0 Å². The van der Waals surface area contributed by atoms with E-state index in [1.54, 1.807) is 17.0 Å². The Labute approximate surface area is 146 Å². The van der Waals surface area contributed by atoms with E-state index in [1.165, 1.54) is 0 Å². The number of ether oxygens (including phenoxy) is 1. The standard InChI is InChI=1S/C18H24ClF2NO2/c1-17(2,3)24-16(23)22-10-8-18(9-11-22,12-15(20)21)13-4-6-14(19)7-5-13/h4-7,15H,8-12H2,1-3H3. The van der Waals surface area contributed by atoms with E-state index in [9.17, 15) is 13.6 Å². The molecule has 0 atom stereocenters. The second kappa shape index (κ2) is 7.26. The molecule has 1 aliphatic rings. The molecule has 0 radical (unpaired) electrons. The van der Waals surface area contributed by atoms with E-state index in [0.29, 0.717) is 31.0 Å². The van der Waals surface area contributed by atoms with Crippen molar-refractivity contribution >= 4 is 17.7 Å². The van der Waals surface area contributed by atoms with Crippen LogP contribution in [0.1, 0.15) is 45.6 Å². The first kappa shape index (κ1) is 19.0. The van der Waals surface area contributed by atoms with Crippen molar-refractivity contribution in [2.75, 3.05) is 13.1 Å². The van der Waals surface area contributed by atoms with Gasteiger partial charge in [-0.2, -0.15) is 0 Å². The number of nitrogens with zero attached hydrogens (tertiary/aromatic N) is 1. The maximum atomic E-state index is 13.2. The van der Waals surface area contributed by atoms with E-state index >= 15 is 0 Å². The summed E-state index contributed by atoms with van der Waals surface area (Å²) in [4.78, 5) is 13.8. The Morgan fingerprint density at radius 1 is 1.25 bits per heavy atom. The van der Waals surface area contributed by atoms with E-state index in [0.717, 1.165) is 5.56 Å². The molecular weight excluding hydrogens is 336 g/mol. The lowest BCUT2D eigenvalue weighted by Gasteiger charge is -2.42. The zero-order chi connectivity index (χ0) is 18.0. The highest BCUT2D eigenvalue weighted by Gasteiger charge is 2.40. The molecule has 2 rings (SSSR count). The first-order valence-corrected chi connectivity index (χ1v) is 8.51. The van der Waals surface area contributed by atoms with Crippen molar-refractivity contribution in [3.05, 3.63) is 34.9 Å². The van der Waals surface area contributed by atoms with Crippen molar-refractivity contribution in [3.8, 4) is 0 Å². The van der Waals surface area contributed by atoms with Gasteiger partial charge in [-0.3, -0.25) is 0 Å². The van der Waals surface area contributed by atoms with E-state index < -0.39 is 17.4 Å². The molecule has 1 aromatic rings. The van der Waals surface area contributed by atoms with E-state index in [-0.39, 0.29) is 12.5 Å². The summed E-state index contributed by atoms with van der Waals surface area (Å²) in [6.07, 6.45) is -2.02. The molecule has 0 saturated carbocycles. The van der Waals surface area contributed by atoms with Gasteiger partial charge in [0.05, 0.1) is 0 Å². The van der Waals surface area contributed by atoms with Crippen LogP contribution in [0.5, 0.6) is 0 Å². The molecule has 0 spiro atoms. The predicted molar refractivity (Wildman–Crippen MR) is 90.8 cm³/mol. The molecule has 0 N–H and O–H groups in total. The number of hydrogen-bond donors (Lipinski definition) is 0. The highest BCUT2D eigenvalue weighted by atomic mass is 35.5. The van der Waals surface area contributed by atoms with Gasteiger partial charge in [-0.05, 0) is 51.3 Å². The van der Waals surface area contributed by atoms with Crippen LogP contribution in [-0.2, 0) is 10.2 Å². The number of benzene rings is 1. The minimum atomic E-state index is -2.39. The largest absolute Gasteiger partial charge is 0.444 e. The van der Waals surface area contributed by atoms with Gasteiger partial charge in [0.25, 0.3) is 0 Å². The molecule has 0 aromatic heterocycles. The van der Waals surface area contributed by atoms with Crippen LogP contribution >= 0.6 is 11.6 Å². The third-order valence-corrected chi connectivity index (χ3v) is 4.63. The molecule has 0 unspecified atom stereocenters. The van der Waals surface area contributed by atoms with Gasteiger partial charge in [0.2, 0.25) is 6.43 Å². The molecule has 6 heteroatoms. The number of likely N-dealkylation sites (tertiary alicyclic amines) is 1. The van der Waals surface area contributed by atoms with Crippen molar-refractivity contribution in [1.29, 1.82) is 0 Å². The number of hydrogen-bond acceptors (Lipinski definition) is 2. The Morgan fingerprint density at radius 3 is 2.25 bits per heavy atom. The van der Waals surface area contributed by atoms with Crippen molar-refractivity contribution in [2.45, 2.75) is 57.5 Å². The topological polar surface area (TPSA) is 29.5 Å². The van der Waals surface area contributed by atoms with Crippen molar-refractivity contribution < 1.29 is 18.3 Å². The normalized spacial score (nSPS) is 17.9. The van der Waals surface area contributed by atoms with Crippen LogP contribution in [0, 0.1) is 0 Å². The zero-order valence-corrected chi connectivity index (χ0v) is 15.1. The SMILES string of the molecule is CC(C)(C)OC(=O)N1CCC(CC(F)F)(c2ccc(Cl)cc2)CC1. The van der Waals surface area contributed by atoms with Crippen molar-refractivity contribution in [2.24, 2.45) is 0 Å². The maximum absolute atomic E-state index is 13.2. The lowest BCUT2D eigenvalue weighted by molar-refractivity contribution is 0.0110. The fraction of sp³-hybridized carbons (Fsp3) is 0.611. The van der Waals surface area contributed by atoms with Gasteiger partial charge in [-0.15, -0.1) is 0 Å². The molecule has 1 aromatic carbocycles. The minimum absolute atomic E-state index is 0.212. The molecule has 1 aliphatic heterocycles. The van der Waals surface area contributed by atoms with E-state index in [1.807, 2.05) is 32.9 Å². The summed E-state index contributed by atoms with van der Waals surface area (Å²) in [7, 11) is 0. The summed E-state index contributed by atoms with van der Waals surface area (Å²) in [6.45, 7) is 6.24. The predicted octanol–water partition coefficient (Wildman–Crippen LogP) is 5.26. The van der Waals surface area contributed by atoms with Crippen LogP contribution in [-0.4, -0.2) is 36.1 Å². The molecule has 1 heterocycles.